The van der Waals surface area contributed by atoms with E-state index in [4.69, 9.17) is 4.74 Å². The molecular formula is C24H18O2. The van der Waals surface area contributed by atoms with Gasteiger partial charge in [0.1, 0.15) is 5.75 Å². The molecule has 0 amide bonds. The molecule has 26 heavy (non-hydrogen) atoms. The summed E-state index contributed by atoms with van der Waals surface area (Å²) in [6.45, 7) is 0. The van der Waals surface area contributed by atoms with Crippen molar-refractivity contribution in [2.45, 2.75) is 0 Å². The van der Waals surface area contributed by atoms with Gasteiger partial charge >= 0.3 is 0 Å². The highest BCUT2D eigenvalue weighted by molar-refractivity contribution is 6.17. The first kappa shape index (κ1) is 16.1. The summed E-state index contributed by atoms with van der Waals surface area (Å²) in [5, 5.41) is 2.09. The molecule has 4 aromatic carbocycles. The predicted molar refractivity (Wildman–Crippen MR) is 106 cm³/mol. The van der Waals surface area contributed by atoms with E-state index in [1.165, 1.54) is 0 Å². The Morgan fingerprint density at radius 1 is 0.769 bits per heavy atom. The van der Waals surface area contributed by atoms with E-state index in [1.54, 1.807) is 7.11 Å². The monoisotopic (exact) mass is 338 g/mol. The van der Waals surface area contributed by atoms with Gasteiger partial charge < -0.3 is 4.74 Å². The van der Waals surface area contributed by atoms with Gasteiger partial charge in [0.15, 0.2) is 5.78 Å². The number of ether oxygens (including phenoxy) is 1. The Bertz CT molecular complexity index is 1070. The summed E-state index contributed by atoms with van der Waals surface area (Å²) in [6, 6.07) is 29.3. The molecule has 0 aromatic heterocycles. The maximum absolute atomic E-state index is 13.2. The summed E-state index contributed by atoms with van der Waals surface area (Å²) in [5.74, 6) is 0.799. The zero-order valence-electron chi connectivity index (χ0n) is 14.5. The second-order valence-corrected chi connectivity index (χ2v) is 6.14. The van der Waals surface area contributed by atoms with Crippen LogP contribution in [0, 0.1) is 0 Å². The van der Waals surface area contributed by atoms with Crippen molar-refractivity contribution in [1.29, 1.82) is 0 Å². The van der Waals surface area contributed by atoms with E-state index in [2.05, 4.69) is 0 Å². The average molecular weight is 338 g/mol. The van der Waals surface area contributed by atoms with Gasteiger partial charge in [0.2, 0.25) is 0 Å². The Labute approximate surface area is 152 Å². The highest BCUT2D eigenvalue weighted by atomic mass is 16.5. The van der Waals surface area contributed by atoms with E-state index < -0.39 is 0 Å². The smallest absolute Gasteiger partial charge is 0.193 e. The van der Waals surface area contributed by atoms with E-state index in [9.17, 15) is 4.79 Å². The van der Waals surface area contributed by atoms with Gasteiger partial charge in [-0.2, -0.15) is 0 Å². The van der Waals surface area contributed by atoms with E-state index in [0.29, 0.717) is 11.1 Å². The molecule has 0 unspecified atom stereocenters. The standard InChI is InChI=1S/C24H18O2/c1-26-20-14-12-17-13-15-21(24(25)19-10-6-3-7-11-19)23(22(17)16-20)18-8-4-2-5-9-18/h2-16H,1H3. The summed E-state index contributed by atoms with van der Waals surface area (Å²) in [7, 11) is 1.66. The second kappa shape index (κ2) is 6.85. The molecule has 4 aromatic rings. The summed E-state index contributed by atoms with van der Waals surface area (Å²) in [6.07, 6.45) is 0. The molecule has 0 heterocycles. The van der Waals surface area contributed by atoms with Crippen molar-refractivity contribution in [3.8, 4) is 16.9 Å². The lowest BCUT2D eigenvalue weighted by atomic mass is 9.89. The number of benzene rings is 4. The summed E-state index contributed by atoms with van der Waals surface area (Å²) >= 11 is 0. The number of hydrogen-bond donors (Lipinski definition) is 0. The third-order valence-electron chi connectivity index (χ3n) is 4.57. The fraction of sp³-hybridized carbons (Fsp3) is 0.0417. The Morgan fingerprint density at radius 3 is 2.12 bits per heavy atom. The van der Waals surface area contributed by atoms with E-state index in [1.807, 2.05) is 91.0 Å². The van der Waals surface area contributed by atoms with Gasteiger partial charge in [0.05, 0.1) is 7.11 Å². The predicted octanol–water partition coefficient (Wildman–Crippen LogP) is 5.75. The molecule has 0 N–H and O–H groups in total. The summed E-state index contributed by atoms with van der Waals surface area (Å²) in [4.78, 5) is 13.2. The highest BCUT2D eigenvalue weighted by Gasteiger charge is 2.17. The number of methoxy groups -OCH3 is 1. The molecule has 0 atom stereocenters. The van der Waals surface area contributed by atoms with Gasteiger partial charge in [-0.15, -0.1) is 0 Å². The van der Waals surface area contributed by atoms with Crippen molar-refractivity contribution in [1.82, 2.24) is 0 Å². The minimum Gasteiger partial charge on any atom is -0.497 e. The van der Waals surface area contributed by atoms with Crippen LogP contribution in [0.3, 0.4) is 0 Å². The van der Waals surface area contributed by atoms with Gasteiger partial charge in [0.25, 0.3) is 0 Å². The average Bonchev–Trinajstić information content (AvgIpc) is 2.73. The number of rotatable bonds is 4. The summed E-state index contributed by atoms with van der Waals surface area (Å²) < 4.78 is 5.41. The topological polar surface area (TPSA) is 26.3 Å². The fourth-order valence-electron chi connectivity index (χ4n) is 3.28. The normalized spacial score (nSPS) is 10.7. The molecule has 0 saturated heterocycles. The Morgan fingerprint density at radius 2 is 1.42 bits per heavy atom. The first-order valence-corrected chi connectivity index (χ1v) is 8.54. The van der Waals surface area contributed by atoms with Crippen LogP contribution >= 0.6 is 0 Å². The van der Waals surface area contributed by atoms with Crippen LogP contribution in [0.1, 0.15) is 15.9 Å². The van der Waals surface area contributed by atoms with Crippen molar-refractivity contribution < 1.29 is 9.53 Å². The van der Waals surface area contributed by atoms with Gasteiger partial charge in [0, 0.05) is 16.7 Å². The van der Waals surface area contributed by atoms with Crippen molar-refractivity contribution in [3.63, 3.8) is 0 Å². The Kier molecular flexibility index (Phi) is 4.24. The minimum absolute atomic E-state index is 0.0224. The first-order valence-electron chi connectivity index (χ1n) is 8.54. The molecule has 0 bridgehead atoms. The summed E-state index contributed by atoms with van der Waals surface area (Å²) in [5.41, 5.74) is 3.34. The molecule has 126 valence electrons. The van der Waals surface area contributed by atoms with Gasteiger partial charge in [-0.1, -0.05) is 72.8 Å². The molecule has 0 aliphatic heterocycles. The lowest BCUT2D eigenvalue weighted by Gasteiger charge is -2.14. The first-order chi connectivity index (χ1) is 12.8. The lowest BCUT2D eigenvalue weighted by Crippen LogP contribution is -2.04. The van der Waals surface area contributed by atoms with Gasteiger partial charge in [-0.25, -0.2) is 0 Å². The maximum Gasteiger partial charge on any atom is 0.193 e. The second-order valence-electron chi connectivity index (χ2n) is 6.14. The number of ketones is 1. The van der Waals surface area contributed by atoms with Crippen LogP contribution in [0.25, 0.3) is 21.9 Å². The van der Waals surface area contributed by atoms with Crippen molar-refractivity contribution in [2.24, 2.45) is 0 Å². The van der Waals surface area contributed by atoms with Crippen LogP contribution in [0.15, 0.2) is 91.0 Å². The number of carbonyl (C=O) groups is 1. The van der Waals surface area contributed by atoms with Crippen molar-refractivity contribution in [2.75, 3.05) is 7.11 Å². The van der Waals surface area contributed by atoms with Crippen LogP contribution in [-0.2, 0) is 0 Å². The van der Waals surface area contributed by atoms with Gasteiger partial charge in [-0.3, -0.25) is 4.79 Å². The van der Waals surface area contributed by atoms with E-state index >= 15 is 0 Å². The molecular weight excluding hydrogens is 320 g/mol. The largest absolute Gasteiger partial charge is 0.497 e. The molecule has 0 radical (unpaired) electrons. The lowest BCUT2D eigenvalue weighted by molar-refractivity contribution is 0.103. The Hall–Kier alpha value is -3.39. The molecule has 0 saturated carbocycles. The molecule has 2 heteroatoms. The molecule has 2 nitrogen and oxygen atoms in total. The zero-order valence-corrected chi connectivity index (χ0v) is 14.5. The minimum atomic E-state index is 0.0224. The Balaban J connectivity index is 2.02. The maximum atomic E-state index is 13.2. The number of fused-ring (bicyclic) bond motifs is 1. The third-order valence-corrected chi connectivity index (χ3v) is 4.57. The molecule has 4 rings (SSSR count). The zero-order chi connectivity index (χ0) is 17.9. The number of hydrogen-bond acceptors (Lipinski definition) is 2. The highest BCUT2D eigenvalue weighted by Crippen LogP contribution is 2.35. The SMILES string of the molecule is COc1ccc2ccc(C(=O)c3ccccc3)c(-c3ccccc3)c2c1. The van der Waals surface area contributed by atoms with Crippen LogP contribution < -0.4 is 4.74 Å². The fourth-order valence-corrected chi connectivity index (χ4v) is 3.28. The van der Waals surface area contributed by atoms with Crippen molar-refractivity contribution >= 4 is 16.6 Å². The van der Waals surface area contributed by atoms with Crippen LogP contribution in [0.4, 0.5) is 0 Å². The number of carbonyl (C=O) groups excluding carboxylic acids is 1. The van der Waals surface area contributed by atoms with Crippen LogP contribution in [-0.4, -0.2) is 12.9 Å². The van der Waals surface area contributed by atoms with Crippen molar-refractivity contribution in [3.05, 3.63) is 102 Å². The van der Waals surface area contributed by atoms with E-state index in [-0.39, 0.29) is 5.78 Å². The van der Waals surface area contributed by atoms with Crippen LogP contribution in [0.5, 0.6) is 5.75 Å². The molecule has 0 spiro atoms. The van der Waals surface area contributed by atoms with E-state index in [0.717, 1.165) is 27.6 Å². The molecule has 0 aliphatic carbocycles. The molecule has 0 fully saturated rings. The quantitative estimate of drug-likeness (QED) is 0.443. The van der Waals surface area contributed by atoms with Crippen LogP contribution in [0.2, 0.25) is 0 Å². The molecule has 0 aliphatic rings. The third kappa shape index (κ3) is 2.86. The van der Waals surface area contributed by atoms with Gasteiger partial charge in [-0.05, 0) is 34.5 Å².